The summed E-state index contributed by atoms with van der Waals surface area (Å²) in [6.45, 7) is 15.8. The van der Waals surface area contributed by atoms with Crippen LogP contribution >= 0.6 is 0 Å². The molecule has 1 N–H and O–H groups in total. The topological polar surface area (TPSA) is 51.4 Å². The average molecular weight is 728 g/mol. The first-order valence-electron chi connectivity index (χ1n) is 19.8. The number of hydrogen-bond donors (Lipinski definition) is 1. The Hall–Kier alpha value is -6.46. The summed E-state index contributed by atoms with van der Waals surface area (Å²) in [5.74, 6) is 2.58. The van der Waals surface area contributed by atoms with Gasteiger partial charge in [0.25, 0.3) is 0 Å². The Morgan fingerprint density at radius 3 is 2.18 bits per heavy atom. The van der Waals surface area contributed by atoms with Gasteiger partial charge in [0.05, 0.1) is 27.6 Å². The molecule has 4 heterocycles. The molecule has 0 aliphatic rings. The summed E-state index contributed by atoms with van der Waals surface area (Å²) in [5, 5.41) is 5.01. The number of imidazole rings is 1. The number of benzene rings is 6. The summed E-state index contributed by atoms with van der Waals surface area (Å²) in [6.07, 6.45) is 1.92. The number of nitrogens with one attached hydrogen (secondary N) is 1. The SMILES string of the molecule is Cc1ccc2[nH]c3c(-c4nc5c(-c6ccc7c8ccccc8n(-c8nccc(C)c8C)c7c6)cccc5n4-c4ccccc4)cc(C(C)C)c(C(C)C)c3c2c1. The molecule has 0 saturated carbocycles. The molecule has 4 aromatic heterocycles. The molecule has 0 bridgehead atoms. The first kappa shape index (κ1) is 34.1. The smallest absolute Gasteiger partial charge is 0.147 e. The van der Waals surface area contributed by atoms with Crippen LogP contribution in [0.4, 0.5) is 0 Å². The fourth-order valence-electron chi connectivity index (χ4n) is 9.07. The zero-order valence-corrected chi connectivity index (χ0v) is 33.1. The lowest BCUT2D eigenvalue weighted by molar-refractivity contribution is 0.798. The number of pyridine rings is 1. The van der Waals surface area contributed by atoms with Crippen molar-refractivity contribution in [3.8, 4) is 34.0 Å². The van der Waals surface area contributed by atoms with E-state index in [1.54, 1.807) is 0 Å². The molecule has 0 radical (unpaired) electrons. The van der Waals surface area contributed by atoms with E-state index in [4.69, 9.17) is 9.97 Å². The van der Waals surface area contributed by atoms with E-state index in [9.17, 15) is 0 Å². The minimum atomic E-state index is 0.334. The first-order chi connectivity index (χ1) is 27.2. The second-order valence-corrected chi connectivity index (χ2v) is 16.1. The molecule has 0 aliphatic carbocycles. The number of aromatic nitrogens is 5. The molecule has 6 aromatic carbocycles. The maximum atomic E-state index is 5.70. The van der Waals surface area contributed by atoms with Gasteiger partial charge in [0.2, 0.25) is 0 Å². The Morgan fingerprint density at radius 1 is 0.607 bits per heavy atom. The molecule has 0 amide bonds. The van der Waals surface area contributed by atoms with Gasteiger partial charge in [-0.05, 0) is 115 Å². The minimum absolute atomic E-state index is 0.334. The van der Waals surface area contributed by atoms with Crippen LogP contribution in [0.25, 0.3) is 88.7 Å². The number of aromatic amines is 1. The van der Waals surface area contributed by atoms with E-state index in [1.807, 2.05) is 6.20 Å². The van der Waals surface area contributed by atoms with E-state index in [2.05, 4.69) is 184 Å². The predicted molar refractivity (Wildman–Crippen MR) is 236 cm³/mol. The molecule has 56 heavy (non-hydrogen) atoms. The van der Waals surface area contributed by atoms with Crippen LogP contribution in [-0.2, 0) is 0 Å². The summed E-state index contributed by atoms with van der Waals surface area (Å²) in [7, 11) is 0. The van der Waals surface area contributed by atoms with Crippen LogP contribution in [0.3, 0.4) is 0 Å². The third-order valence-corrected chi connectivity index (χ3v) is 11.9. The van der Waals surface area contributed by atoms with Crippen molar-refractivity contribution in [1.82, 2.24) is 24.1 Å². The van der Waals surface area contributed by atoms with Gasteiger partial charge in [-0.15, -0.1) is 0 Å². The average Bonchev–Trinajstić information content (AvgIpc) is 3.88. The highest BCUT2D eigenvalue weighted by atomic mass is 15.1. The molecule has 0 spiro atoms. The lowest BCUT2D eigenvalue weighted by Gasteiger charge is -2.20. The van der Waals surface area contributed by atoms with Gasteiger partial charge in [-0.3, -0.25) is 9.13 Å². The number of para-hydroxylation sites is 3. The molecule has 5 nitrogen and oxygen atoms in total. The molecule has 5 heteroatoms. The van der Waals surface area contributed by atoms with Gasteiger partial charge in [-0.25, -0.2) is 9.97 Å². The van der Waals surface area contributed by atoms with Crippen LogP contribution in [0.15, 0.2) is 128 Å². The van der Waals surface area contributed by atoms with Gasteiger partial charge in [-0.2, -0.15) is 0 Å². The monoisotopic (exact) mass is 727 g/mol. The summed E-state index contributed by atoms with van der Waals surface area (Å²) in [6, 6.07) is 44.1. The zero-order valence-electron chi connectivity index (χ0n) is 33.1. The highest BCUT2D eigenvalue weighted by Gasteiger charge is 2.26. The van der Waals surface area contributed by atoms with E-state index in [0.29, 0.717) is 11.8 Å². The van der Waals surface area contributed by atoms with Crippen molar-refractivity contribution in [2.45, 2.75) is 60.3 Å². The summed E-state index contributed by atoms with van der Waals surface area (Å²) >= 11 is 0. The highest BCUT2D eigenvalue weighted by molar-refractivity contribution is 6.15. The van der Waals surface area contributed by atoms with Crippen molar-refractivity contribution in [2.75, 3.05) is 0 Å². The van der Waals surface area contributed by atoms with E-state index in [-0.39, 0.29) is 0 Å². The maximum Gasteiger partial charge on any atom is 0.147 e. The molecule has 0 unspecified atom stereocenters. The summed E-state index contributed by atoms with van der Waals surface area (Å²) < 4.78 is 4.70. The summed E-state index contributed by atoms with van der Waals surface area (Å²) in [5.41, 5.74) is 17.5. The molecule has 0 fully saturated rings. The van der Waals surface area contributed by atoms with Crippen molar-refractivity contribution in [2.24, 2.45) is 0 Å². The lowest BCUT2D eigenvalue weighted by atomic mass is 9.85. The Balaban J connectivity index is 1.29. The second kappa shape index (κ2) is 12.8. The van der Waals surface area contributed by atoms with E-state index >= 15 is 0 Å². The van der Waals surface area contributed by atoms with Crippen LogP contribution in [0.2, 0.25) is 0 Å². The van der Waals surface area contributed by atoms with Gasteiger partial charge in [0.1, 0.15) is 11.6 Å². The molecule has 10 aromatic rings. The Labute approximate surface area is 327 Å². The second-order valence-electron chi connectivity index (χ2n) is 16.1. The third-order valence-electron chi connectivity index (χ3n) is 11.9. The number of H-pyrrole nitrogens is 1. The molecule has 274 valence electrons. The molecule has 10 rings (SSSR count). The van der Waals surface area contributed by atoms with Gasteiger partial charge in [0, 0.05) is 50.1 Å². The molecular weight excluding hydrogens is 683 g/mol. The largest absolute Gasteiger partial charge is 0.354 e. The van der Waals surface area contributed by atoms with Gasteiger partial charge < -0.3 is 4.98 Å². The standard InChI is InChI=1S/C51H45N5/c1-29(2)39-28-41(49-47(46(39)30(3)4)40-26-31(5)20-23-42(40)53-49)51-54-48-36(17-13-19-44(48)55(51)35-14-9-8-10-15-35)34-21-22-38-37-16-11-12-18-43(37)56(45(38)27-34)50-33(7)32(6)24-25-52-50/h8-30,53H,1-7H3. The van der Waals surface area contributed by atoms with Crippen LogP contribution in [0, 0.1) is 20.8 Å². The van der Waals surface area contributed by atoms with Crippen LogP contribution in [0.5, 0.6) is 0 Å². The molecule has 0 saturated heterocycles. The fraction of sp³-hybridized carbons (Fsp3) is 0.176. The Morgan fingerprint density at radius 2 is 1.38 bits per heavy atom. The van der Waals surface area contributed by atoms with Crippen LogP contribution in [0.1, 0.15) is 67.3 Å². The number of nitrogens with zero attached hydrogens (tertiary/aromatic N) is 4. The number of fused-ring (bicyclic) bond motifs is 7. The van der Waals surface area contributed by atoms with Crippen molar-refractivity contribution >= 4 is 54.6 Å². The lowest BCUT2D eigenvalue weighted by Crippen LogP contribution is -2.03. The molecule has 0 aliphatic heterocycles. The number of hydrogen-bond acceptors (Lipinski definition) is 2. The Bertz CT molecular complexity index is 3170. The van der Waals surface area contributed by atoms with E-state index in [1.165, 1.54) is 49.4 Å². The van der Waals surface area contributed by atoms with Crippen molar-refractivity contribution in [3.63, 3.8) is 0 Å². The first-order valence-corrected chi connectivity index (χ1v) is 19.8. The van der Waals surface area contributed by atoms with E-state index in [0.717, 1.165) is 67.1 Å². The van der Waals surface area contributed by atoms with Gasteiger partial charge >= 0.3 is 0 Å². The Kier molecular flexibility index (Phi) is 7.79. The van der Waals surface area contributed by atoms with Crippen molar-refractivity contribution in [1.29, 1.82) is 0 Å². The third kappa shape index (κ3) is 5.07. The maximum absolute atomic E-state index is 5.70. The molecule has 0 atom stereocenters. The zero-order chi connectivity index (χ0) is 38.4. The number of rotatable bonds is 6. The summed E-state index contributed by atoms with van der Waals surface area (Å²) in [4.78, 5) is 14.5. The normalized spacial score (nSPS) is 12.2. The molecular formula is C51H45N5. The van der Waals surface area contributed by atoms with Gasteiger partial charge in [-0.1, -0.05) is 100.0 Å². The number of aryl methyl sites for hydroxylation is 2. The quantitative estimate of drug-likeness (QED) is 0.185. The fourth-order valence-corrected chi connectivity index (χ4v) is 9.07. The highest BCUT2D eigenvalue weighted by Crippen LogP contribution is 2.45. The van der Waals surface area contributed by atoms with Crippen LogP contribution < -0.4 is 0 Å². The minimum Gasteiger partial charge on any atom is -0.354 e. The van der Waals surface area contributed by atoms with Gasteiger partial charge in [0.15, 0.2) is 0 Å². The van der Waals surface area contributed by atoms with E-state index < -0.39 is 0 Å². The predicted octanol–water partition coefficient (Wildman–Crippen LogP) is 13.7. The van der Waals surface area contributed by atoms with Crippen molar-refractivity contribution in [3.05, 3.63) is 155 Å². The van der Waals surface area contributed by atoms with Crippen molar-refractivity contribution < 1.29 is 0 Å². The van der Waals surface area contributed by atoms with Crippen LogP contribution in [-0.4, -0.2) is 24.1 Å².